The molecule has 8 nitrogen and oxygen atoms in total. The fourth-order valence-corrected chi connectivity index (χ4v) is 4.43. The summed E-state index contributed by atoms with van der Waals surface area (Å²) < 4.78 is 28.8. The molecule has 2 heterocycles. The van der Waals surface area contributed by atoms with Crippen molar-refractivity contribution >= 4 is 22.1 Å². The van der Waals surface area contributed by atoms with Crippen LogP contribution in [-0.4, -0.2) is 67.0 Å². The fraction of sp³-hybridized carbons (Fsp3) is 0.368. The number of sulfonamides is 1. The van der Waals surface area contributed by atoms with Gasteiger partial charge in [-0.15, -0.1) is 0 Å². The maximum absolute atomic E-state index is 12.7. The number of amides is 1. The monoisotopic (exact) mass is 403 g/mol. The van der Waals surface area contributed by atoms with Gasteiger partial charge in [-0.3, -0.25) is 9.69 Å². The number of piperazine rings is 1. The first-order chi connectivity index (χ1) is 13.4. The van der Waals surface area contributed by atoms with Gasteiger partial charge >= 0.3 is 0 Å². The van der Waals surface area contributed by atoms with E-state index in [9.17, 15) is 13.2 Å². The second-order valence-electron chi connectivity index (χ2n) is 6.83. The predicted molar refractivity (Wildman–Crippen MR) is 108 cm³/mol. The van der Waals surface area contributed by atoms with Gasteiger partial charge in [0, 0.05) is 39.4 Å². The normalized spacial score (nSPS) is 16.5. The van der Waals surface area contributed by atoms with E-state index in [1.165, 1.54) is 4.31 Å². The number of carbonyl (C=O) groups excluding carboxylic acids is 1. The third-order valence-corrected chi connectivity index (χ3v) is 6.64. The van der Waals surface area contributed by atoms with Gasteiger partial charge < -0.3 is 4.57 Å². The summed E-state index contributed by atoms with van der Waals surface area (Å²) in [6.45, 7) is 3.82. The lowest BCUT2D eigenvalue weighted by atomic mass is 10.2. The summed E-state index contributed by atoms with van der Waals surface area (Å²) in [5, 5.41) is 3.96. The highest BCUT2D eigenvalue weighted by Crippen LogP contribution is 2.18. The molecular weight excluding hydrogens is 378 g/mol. The van der Waals surface area contributed by atoms with Crippen LogP contribution in [0, 0.1) is 6.92 Å². The van der Waals surface area contributed by atoms with Gasteiger partial charge in [-0.25, -0.2) is 13.8 Å². The molecule has 1 N–H and O–H groups in total. The molecule has 0 aliphatic carbocycles. The van der Waals surface area contributed by atoms with E-state index in [0.29, 0.717) is 31.1 Å². The number of aromatic nitrogens is 1. The average Bonchev–Trinajstić information content (AvgIpc) is 3.07. The molecule has 0 bridgehead atoms. The minimum absolute atomic E-state index is 0.183. The third kappa shape index (κ3) is 4.86. The first-order valence-electron chi connectivity index (χ1n) is 9.09. The van der Waals surface area contributed by atoms with E-state index in [-0.39, 0.29) is 12.5 Å². The van der Waals surface area contributed by atoms with Crippen LogP contribution < -0.4 is 5.43 Å². The van der Waals surface area contributed by atoms with E-state index in [2.05, 4.69) is 10.5 Å². The van der Waals surface area contributed by atoms with Gasteiger partial charge in [0.2, 0.25) is 10.0 Å². The molecule has 1 aliphatic rings. The number of hydrogen-bond donors (Lipinski definition) is 1. The first-order valence-corrected chi connectivity index (χ1v) is 10.5. The first kappa shape index (κ1) is 20.2. The Kier molecular flexibility index (Phi) is 6.28. The van der Waals surface area contributed by atoms with E-state index >= 15 is 0 Å². The zero-order valence-electron chi connectivity index (χ0n) is 16.1. The molecular formula is C19H25N5O3S. The summed E-state index contributed by atoms with van der Waals surface area (Å²) in [6.07, 6.45) is 3.48. The molecule has 1 amide bonds. The molecule has 0 atom stereocenters. The Labute approximate surface area is 165 Å². The number of hydrazone groups is 1. The summed E-state index contributed by atoms with van der Waals surface area (Å²) in [4.78, 5) is 14.3. The summed E-state index contributed by atoms with van der Waals surface area (Å²) >= 11 is 0. The van der Waals surface area contributed by atoms with E-state index in [1.54, 1.807) is 30.5 Å². The molecule has 2 aromatic rings. The predicted octanol–water partition coefficient (Wildman–Crippen LogP) is 0.790. The van der Waals surface area contributed by atoms with Gasteiger partial charge in [0.05, 0.1) is 23.3 Å². The number of nitrogens with zero attached hydrogens (tertiary/aromatic N) is 4. The lowest BCUT2D eigenvalue weighted by molar-refractivity contribution is -0.122. The Bertz CT molecular complexity index is 942. The molecule has 9 heteroatoms. The van der Waals surface area contributed by atoms with Crippen LogP contribution >= 0.6 is 0 Å². The van der Waals surface area contributed by atoms with Crippen molar-refractivity contribution in [2.75, 3.05) is 32.7 Å². The van der Waals surface area contributed by atoms with E-state index < -0.39 is 10.0 Å². The second-order valence-corrected chi connectivity index (χ2v) is 8.77. The van der Waals surface area contributed by atoms with Gasteiger partial charge in [-0.2, -0.15) is 9.41 Å². The average molecular weight is 404 g/mol. The van der Waals surface area contributed by atoms with Crippen LogP contribution in [-0.2, 0) is 21.9 Å². The summed E-state index contributed by atoms with van der Waals surface area (Å²) in [7, 11) is -1.60. The second kappa shape index (κ2) is 8.68. The Morgan fingerprint density at radius 2 is 1.82 bits per heavy atom. The van der Waals surface area contributed by atoms with Gasteiger partial charge in [0.1, 0.15) is 0 Å². The highest BCUT2D eigenvalue weighted by molar-refractivity contribution is 7.89. The molecule has 1 fully saturated rings. The van der Waals surface area contributed by atoms with Crippen molar-refractivity contribution in [2.45, 2.75) is 11.8 Å². The van der Waals surface area contributed by atoms with Crippen molar-refractivity contribution in [3.05, 3.63) is 53.9 Å². The molecule has 0 spiro atoms. The van der Waals surface area contributed by atoms with Crippen LogP contribution in [0.2, 0.25) is 0 Å². The highest BCUT2D eigenvalue weighted by atomic mass is 32.2. The zero-order chi connectivity index (χ0) is 20.1. The topological polar surface area (TPSA) is 87.0 Å². The van der Waals surface area contributed by atoms with Crippen molar-refractivity contribution < 1.29 is 13.2 Å². The number of rotatable bonds is 6. The molecule has 0 unspecified atom stereocenters. The van der Waals surface area contributed by atoms with Crippen LogP contribution in [0.15, 0.2) is 52.6 Å². The molecule has 1 aromatic carbocycles. The number of benzene rings is 1. The molecule has 28 heavy (non-hydrogen) atoms. The smallest absolute Gasteiger partial charge is 0.254 e. The third-order valence-electron chi connectivity index (χ3n) is 4.73. The fourth-order valence-electron chi connectivity index (χ4n) is 3.00. The Hall–Kier alpha value is -2.49. The maximum atomic E-state index is 12.7. The van der Waals surface area contributed by atoms with Crippen molar-refractivity contribution in [1.82, 2.24) is 19.2 Å². The van der Waals surface area contributed by atoms with Crippen LogP contribution in [0.1, 0.15) is 11.3 Å². The number of carbonyl (C=O) groups is 1. The molecule has 1 aromatic heterocycles. The summed E-state index contributed by atoms with van der Waals surface area (Å²) in [5.74, 6) is -0.222. The minimum atomic E-state index is -3.49. The number of hydrogen-bond acceptors (Lipinski definition) is 5. The van der Waals surface area contributed by atoms with Crippen molar-refractivity contribution in [3.8, 4) is 0 Å². The molecule has 0 saturated carbocycles. The standard InChI is InChI=1S/C19H25N5O3S/c1-16-5-7-18(8-6-16)28(26,27)24-12-10-23(11-13-24)15-19(25)21-20-14-17-4-3-9-22(17)2/h3-9,14H,10-13,15H2,1-2H3,(H,21,25)/b20-14-. The lowest BCUT2D eigenvalue weighted by Gasteiger charge is -2.33. The van der Waals surface area contributed by atoms with Gasteiger partial charge in [-0.05, 0) is 31.2 Å². The Morgan fingerprint density at radius 3 is 2.43 bits per heavy atom. The Morgan fingerprint density at radius 1 is 1.14 bits per heavy atom. The van der Waals surface area contributed by atoms with Gasteiger partial charge in [0.25, 0.3) is 5.91 Å². The van der Waals surface area contributed by atoms with Crippen molar-refractivity contribution in [1.29, 1.82) is 0 Å². The van der Waals surface area contributed by atoms with Crippen LogP contribution in [0.5, 0.6) is 0 Å². The van der Waals surface area contributed by atoms with E-state index in [4.69, 9.17) is 0 Å². The molecule has 0 radical (unpaired) electrons. The number of aryl methyl sites for hydroxylation is 2. The maximum Gasteiger partial charge on any atom is 0.254 e. The van der Waals surface area contributed by atoms with Crippen LogP contribution in [0.3, 0.4) is 0 Å². The van der Waals surface area contributed by atoms with Crippen molar-refractivity contribution in [2.24, 2.45) is 12.1 Å². The van der Waals surface area contributed by atoms with Crippen LogP contribution in [0.25, 0.3) is 0 Å². The molecule has 1 saturated heterocycles. The molecule has 3 rings (SSSR count). The minimum Gasteiger partial charge on any atom is -0.350 e. The zero-order valence-corrected chi connectivity index (χ0v) is 16.9. The largest absolute Gasteiger partial charge is 0.350 e. The van der Waals surface area contributed by atoms with E-state index in [0.717, 1.165) is 11.3 Å². The van der Waals surface area contributed by atoms with Crippen molar-refractivity contribution in [3.63, 3.8) is 0 Å². The molecule has 1 aliphatic heterocycles. The lowest BCUT2D eigenvalue weighted by Crippen LogP contribution is -2.50. The van der Waals surface area contributed by atoms with Crippen LogP contribution in [0.4, 0.5) is 0 Å². The summed E-state index contributed by atoms with van der Waals surface area (Å²) in [5.41, 5.74) is 4.41. The SMILES string of the molecule is Cc1ccc(S(=O)(=O)N2CCN(CC(=O)N/N=C\c3cccn3C)CC2)cc1. The van der Waals surface area contributed by atoms with Gasteiger partial charge in [0.15, 0.2) is 0 Å². The summed E-state index contributed by atoms with van der Waals surface area (Å²) in [6, 6.07) is 10.6. The van der Waals surface area contributed by atoms with Gasteiger partial charge in [-0.1, -0.05) is 17.7 Å². The number of nitrogens with one attached hydrogen (secondary N) is 1. The quantitative estimate of drug-likeness (QED) is 0.571. The highest BCUT2D eigenvalue weighted by Gasteiger charge is 2.28. The molecule has 150 valence electrons. The van der Waals surface area contributed by atoms with E-state index in [1.807, 2.05) is 41.8 Å². The Balaban J connectivity index is 1.48.